The molecule has 0 aliphatic carbocycles. The summed E-state index contributed by atoms with van der Waals surface area (Å²) in [4.78, 5) is 13.8. The number of allylic oxidation sites excluding steroid dienone is 2. The molecule has 0 saturated carbocycles. The fourth-order valence-corrected chi connectivity index (χ4v) is 0.398. The minimum atomic E-state index is -1.01. The monoisotopic (exact) mass is 257 g/mol. The van der Waals surface area contributed by atoms with Crippen LogP contribution < -0.4 is 5.11 Å². The summed E-state index contributed by atoms with van der Waals surface area (Å²) in [7, 11) is 0. The smallest absolute Gasteiger partial charge is 0.0467 e. The fourth-order valence-electron chi connectivity index (χ4n) is 0.398. The molecule has 1 rings (SSSR count). The van der Waals surface area contributed by atoms with Gasteiger partial charge in [0.2, 0.25) is 0 Å². The quantitative estimate of drug-likeness (QED) is 0.612. The fraction of sp³-hybridized carbons (Fsp3) is 0.364. The van der Waals surface area contributed by atoms with E-state index >= 15 is 0 Å². The van der Waals surface area contributed by atoms with Crippen LogP contribution in [0.4, 0.5) is 0 Å². The summed E-state index contributed by atoms with van der Waals surface area (Å²) in [5.41, 5.74) is 0.127. The Hall–Kier alpha value is -0.757. The zero-order valence-electron chi connectivity index (χ0n) is 9.49. The van der Waals surface area contributed by atoms with E-state index in [-0.39, 0.29) is 19.5 Å². The Morgan fingerprint density at radius 3 is 2.00 bits per heavy atom. The molecule has 79 valence electrons. The van der Waals surface area contributed by atoms with E-state index in [2.05, 4.69) is 11.6 Å². The summed E-state index contributed by atoms with van der Waals surface area (Å²) in [5.74, 6) is -1.01. The van der Waals surface area contributed by atoms with E-state index in [9.17, 15) is 9.90 Å². The number of carbonyl (C=O) groups is 1. The van der Waals surface area contributed by atoms with Crippen LogP contribution >= 0.6 is 0 Å². The van der Waals surface area contributed by atoms with Crippen LogP contribution in [-0.4, -0.2) is 12.2 Å². The Labute approximate surface area is 104 Å². The van der Waals surface area contributed by atoms with Crippen LogP contribution in [0.3, 0.4) is 0 Å². The number of hydrogen-bond acceptors (Lipinski definition) is 3. The third kappa shape index (κ3) is 9.55. The number of carboxylic acid groups (broad SMARTS) is 1. The summed E-state index contributed by atoms with van der Waals surface area (Å²) >= 11 is 0. The molecule has 0 amide bonds. The van der Waals surface area contributed by atoms with Crippen molar-refractivity contribution in [3.63, 3.8) is 0 Å². The molecule has 0 saturated heterocycles. The average molecular weight is 259 g/mol. The first-order chi connectivity index (χ1) is 6.34. The summed E-state index contributed by atoms with van der Waals surface area (Å²) in [5, 5.41) is 9.91. The Morgan fingerprint density at radius 1 is 1.40 bits per heavy atom. The first-order valence-corrected chi connectivity index (χ1v) is 4.28. The molecule has 1 heterocycles. The molecule has 0 fully saturated rings. The third-order valence-electron chi connectivity index (χ3n) is 1.34. The van der Waals surface area contributed by atoms with Gasteiger partial charge in [-0.15, -0.1) is 0 Å². The van der Waals surface area contributed by atoms with Crippen molar-refractivity contribution in [2.45, 2.75) is 20.8 Å². The number of nitrogens with zero attached hydrogens (tertiary/aromatic N) is 1. The van der Waals surface area contributed by atoms with Crippen LogP contribution in [0.5, 0.6) is 0 Å². The maximum atomic E-state index is 9.91. The second kappa shape index (κ2) is 7.52. The molecule has 0 unspecified atom stereocenters. The topological polar surface area (TPSA) is 52.5 Å². The third-order valence-corrected chi connectivity index (χ3v) is 1.34. The van der Waals surface area contributed by atoms with Gasteiger partial charge >= 0.3 is 0 Å². The molecule has 3 nitrogen and oxygen atoms in total. The molecule has 0 atom stereocenters. The molecule has 0 N–H and O–H groups in total. The van der Waals surface area contributed by atoms with Crippen molar-refractivity contribution in [2.24, 2.45) is 10.4 Å². The maximum Gasteiger partial charge on any atom is 0.0467 e. The van der Waals surface area contributed by atoms with Gasteiger partial charge in [0.1, 0.15) is 0 Å². The van der Waals surface area contributed by atoms with Gasteiger partial charge < -0.3 is 9.90 Å². The molecule has 4 heteroatoms. The van der Waals surface area contributed by atoms with E-state index in [1.807, 2.05) is 18.6 Å². The SMILES string of the molecule is C=C1[CH]C=CC=N1.CC(C)(C)C(=O)[O-].[Zn]. The predicted molar refractivity (Wildman–Crippen MR) is 55.5 cm³/mol. The van der Waals surface area contributed by atoms with Gasteiger partial charge in [0.05, 0.1) is 0 Å². The van der Waals surface area contributed by atoms with E-state index in [0.29, 0.717) is 0 Å². The van der Waals surface area contributed by atoms with Crippen molar-refractivity contribution in [3.05, 3.63) is 30.8 Å². The normalized spacial score (nSPS) is 13.7. The van der Waals surface area contributed by atoms with Crippen molar-refractivity contribution in [3.8, 4) is 0 Å². The van der Waals surface area contributed by atoms with Crippen LogP contribution in [-0.2, 0) is 24.3 Å². The molecule has 0 aromatic carbocycles. The Kier molecular flexibility index (Phi) is 8.36. The number of aliphatic imine (C=N–C) groups is 1. The molecule has 15 heavy (non-hydrogen) atoms. The first-order valence-electron chi connectivity index (χ1n) is 4.28. The molecule has 0 aromatic heterocycles. The van der Waals surface area contributed by atoms with Gasteiger partial charge in [0, 0.05) is 49.2 Å². The molecule has 0 bridgehead atoms. The van der Waals surface area contributed by atoms with Gasteiger partial charge in [-0.3, -0.25) is 4.99 Å². The molecular formula is C11H15NO2Zn-. The van der Waals surface area contributed by atoms with Gasteiger partial charge in [-0.25, -0.2) is 0 Å². The molecule has 0 aromatic rings. The zero-order chi connectivity index (χ0) is 11.2. The Morgan fingerprint density at radius 2 is 1.87 bits per heavy atom. The number of hydrogen-bond donors (Lipinski definition) is 0. The Balaban J connectivity index is 0. The molecule has 1 aliphatic rings. The Bertz CT molecular complexity index is 275. The molecule has 0 spiro atoms. The maximum absolute atomic E-state index is 9.91. The average Bonchev–Trinajstić information content (AvgIpc) is 2.04. The zero-order valence-corrected chi connectivity index (χ0v) is 12.5. The van der Waals surface area contributed by atoms with E-state index in [4.69, 9.17) is 0 Å². The van der Waals surface area contributed by atoms with Gasteiger partial charge in [-0.2, -0.15) is 0 Å². The van der Waals surface area contributed by atoms with Crippen molar-refractivity contribution in [1.29, 1.82) is 0 Å². The number of dihydropyridines is 1. The molecule has 1 aliphatic heterocycles. The second-order valence-corrected chi connectivity index (χ2v) is 3.86. The standard InChI is InChI=1S/C6H6N.C5H10O2.Zn/c1-6-4-2-3-5-7-6;1-5(2,3)4(6)7;/h2-5H,1H2;1-3H3,(H,6,7);/p-1. The number of aliphatic carboxylic acids is 1. The second-order valence-electron chi connectivity index (χ2n) is 3.86. The summed E-state index contributed by atoms with van der Waals surface area (Å²) in [6.45, 7) is 8.41. The van der Waals surface area contributed by atoms with Crippen molar-refractivity contribution in [1.82, 2.24) is 0 Å². The summed E-state index contributed by atoms with van der Waals surface area (Å²) in [6.07, 6.45) is 7.37. The minimum absolute atomic E-state index is 0. The number of carboxylic acids is 1. The van der Waals surface area contributed by atoms with Crippen LogP contribution in [0.15, 0.2) is 29.4 Å². The molecule has 1 radical (unpaired) electrons. The van der Waals surface area contributed by atoms with Crippen LogP contribution in [0.1, 0.15) is 20.8 Å². The van der Waals surface area contributed by atoms with Crippen molar-refractivity contribution >= 4 is 12.2 Å². The van der Waals surface area contributed by atoms with E-state index < -0.39 is 11.4 Å². The van der Waals surface area contributed by atoms with E-state index in [0.717, 1.165) is 5.70 Å². The number of carbonyl (C=O) groups excluding carboxylic acids is 1. The van der Waals surface area contributed by atoms with Crippen LogP contribution in [0.25, 0.3) is 0 Å². The molecular weight excluding hydrogens is 244 g/mol. The van der Waals surface area contributed by atoms with Gasteiger partial charge in [-0.1, -0.05) is 33.4 Å². The van der Waals surface area contributed by atoms with Crippen molar-refractivity contribution < 1.29 is 29.4 Å². The number of rotatable bonds is 0. The summed E-state index contributed by atoms with van der Waals surface area (Å²) < 4.78 is 0. The largest absolute Gasteiger partial charge is 0.550 e. The van der Waals surface area contributed by atoms with Crippen LogP contribution in [0, 0.1) is 11.8 Å². The summed E-state index contributed by atoms with van der Waals surface area (Å²) in [6, 6.07) is 0. The van der Waals surface area contributed by atoms with Gasteiger partial charge in [0.25, 0.3) is 0 Å². The van der Waals surface area contributed by atoms with Crippen molar-refractivity contribution in [2.75, 3.05) is 0 Å². The minimum Gasteiger partial charge on any atom is -0.550 e. The predicted octanol–water partition coefficient (Wildman–Crippen LogP) is 1.12. The van der Waals surface area contributed by atoms with Crippen LogP contribution in [0.2, 0.25) is 0 Å². The van der Waals surface area contributed by atoms with Gasteiger partial charge in [-0.05, 0) is 6.08 Å². The van der Waals surface area contributed by atoms with E-state index in [1.54, 1.807) is 27.0 Å². The first kappa shape index (κ1) is 16.7. The van der Waals surface area contributed by atoms with Gasteiger partial charge in [0.15, 0.2) is 0 Å². The van der Waals surface area contributed by atoms with E-state index in [1.165, 1.54) is 0 Å².